The van der Waals surface area contributed by atoms with E-state index in [2.05, 4.69) is 64.7 Å². The minimum absolute atomic E-state index is 0.0511. The molecule has 3 aliphatic rings. The number of aromatic nitrogens is 2. The summed E-state index contributed by atoms with van der Waals surface area (Å²) in [5, 5.41) is 22.2. The highest BCUT2D eigenvalue weighted by Crippen LogP contribution is 2.51. The smallest absolute Gasteiger partial charge is 0.351 e. The number of hydrogen-bond acceptors (Lipinski definition) is 14. The molecule has 3 aliphatic heterocycles. The highest BCUT2D eigenvalue weighted by molar-refractivity contribution is 8.00. The van der Waals surface area contributed by atoms with Crippen LogP contribution >= 0.6 is 20.3 Å². The van der Waals surface area contributed by atoms with Crippen LogP contribution in [0.2, 0.25) is 0 Å². The minimum atomic E-state index is -1.68. The van der Waals surface area contributed by atoms with Gasteiger partial charge in [0.25, 0.3) is 8.53 Å². The number of amides is 3. The van der Waals surface area contributed by atoms with Crippen LogP contribution in [0.3, 0.4) is 0 Å². The predicted molar refractivity (Wildman–Crippen MR) is 289 cm³/mol. The Morgan fingerprint density at radius 2 is 1.55 bits per heavy atom. The summed E-state index contributed by atoms with van der Waals surface area (Å²) in [5.41, 5.74) is 1.00. The molecule has 0 saturated carbocycles. The molecule has 0 spiro atoms. The van der Waals surface area contributed by atoms with Crippen LogP contribution in [0.5, 0.6) is 11.5 Å². The summed E-state index contributed by atoms with van der Waals surface area (Å²) in [6, 6.07) is 30.2. The largest absolute Gasteiger partial charge is 0.497 e. The van der Waals surface area contributed by atoms with Gasteiger partial charge in [-0.05, 0) is 100 Å². The van der Waals surface area contributed by atoms with E-state index in [-0.39, 0.29) is 55.7 Å². The molecule has 0 bridgehead atoms. The van der Waals surface area contributed by atoms with Crippen molar-refractivity contribution in [3.8, 4) is 17.6 Å². The number of urea groups is 1. The topological polar surface area (TPSA) is 200 Å². The van der Waals surface area contributed by atoms with Crippen molar-refractivity contribution < 1.29 is 37.6 Å². The molecule has 3 saturated heterocycles. The highest BCUT2D eigenvalue weighted by Gasteiger charge is 2.46. The summed E-state index contributed by atoms with van der Waals surface area (Å²) >= 11 is 1.90. The maximum atomic E-state index is 13.9. The first-order valence-corrected chi connectivity index (χ1v) is 28.3. The van der Waals surface area contributed by atoms with Crippen molar-refractivity contribution in [3.63, 3.8) is 0 Å². The van der Waals surface area contributed by atoms with Gasteiger partial charge < -0.3 is 49.3 Å². The van der Waals surface area contributed by atoms with Crippen molar-refractivity contribution in [2.75, 3.05) is 51.6 Å². The Bertz CT molecular complexity index is 2430. The maximum Gasteiger partial charge on any atom is 0.351 e. The Labute approximate surface area is 442 Å². The molecule has 3 amide bonds. The van der Waals surface area contributed by atoms with Gasteiger partial charge in [-0.25, -0.2) is 14.3 Å². The molecule has 1 unspecified atom stereocenters. The number of nitrogens with one attached hydrogen (secondary N) is 4. The third kappa shape index (κ3) is 14.8. The molecule has 7 rings (SSSR count). The second kappa shape index (κ2) is 28.0. The van der Waals surface area contributed by atoms with E-state index in [4.69, 9.17) is 28.0 Å². The van der Waals surface area contributed by atoms with Crippen molar-refractivity contribution in [2.45, 2.75) is 145 Å². The zero-order valence-electron chi connectivity index (χ0n) is 43.7. The molecule has 3 fully saturated rings. The van der Waals surface area contributed by atoms with E-state index in [1.807, 2.05) is 90.6 Å². The van der Waals surface area contributed by atoms with Crippen molar-refractivity contribution in [1.29, 1.82) is 5.26 Å². The van der Waals surface area contributed by atoms with Crippen LogP contribution < -0.4 is 36.4 Å². The average Bonchev–Trinajstić information content (AvgIpc) is 4.11. The molecule has 0 radical (unpaired) electrons. The summed E-state index contributed by atoms with van der Waals surface area (Å²) in [4.78, 5) is 42.4. The number of carbonyl (C=O) groups excluding carboxylic acids is 2. The molecule has 3 aromatic carbocycles. The van der Waals surface area contributed by atoms with Crippen LogP contribution in [0.15, 0.2) is 95.9 Å². The van der Waals surface area contributed by atoms with Crippen LogP contribution in [0.1, 0.15) is 115 Å². The van der Waals surface area contributed by atoms with Crippen molar-refractivity contribution >= 4 is 38.0 Å². The molecule has 0 aliphatic carbocycles. The van der Waals surface area contributed by atoms with Gasteiger partial charge in [-0.1, -0.05) is 73.9 Å². The molecular formula is C55H75N8O9PS. The summed E-state index contributed by atoms with van der Waals surface area (Å²) < 4.78 is 42.4. The zero-order chi connectivity index (χ0) is 52.5. The number of carbonyl (C=O) groups is 2. The van der Waals surface area contributed by atoms with Crippen LogP contribution in [0, 0.1) is 11.3 Å². The fraction of sp³-hybridized carbons (Fsp3) is 0.545. The quantitative estimate of drug-likeness (QED) is 0.0167. The van der Waals surface area contributed by atoms with Crippen molar-refractivity contribution in [3.05, 3.63) is 118 Å². The first kappa shape index (κ1) is 56.5. The molecule has 19 heteroatoms. The number of ether oxygens (including phenoxy) is 4. The first-order chi connectivity index (χ1) is 35.9. The number of rotatable bonds is 30. The van der Waals surface area contributed by atoms with Gasteiger partial charge in [0, 0.05) is 55.2 Å². The van der Waals surface area contributed by atoms with E-state index in [0.29, 0.717) is 48.5 Å². The van der Waals surface area contributed by atoms with Crippen LogP contribution in [-0.2, 0) is 28.9 Å². The van der Waals surface area contributed by atoms with Crippen molar-refractivity contribution in [1.82, 2.24) is 30.2 Å². The number of unbranched alkanes of at least 4 members (excludes halogenated alkanes) is 4. The molecule has 400 valence electrons. The van der Waals surface area contributed by atoms with Gasteiger partial charge in [-0.15, -0.1) is 0 Å². The molecule has 1 aromatic heterocycles. The number of benzene rings is 3. The molecule has 4 aromatic rings. The van der Waals surface area contributed by atoms with Crippen LogP contribution in [-0.4, -0.2) is 114 Å². The summed E-state index contributed by atoms with van der Waals surface area (Å²) in [6.07, 6.45) is 7.24. The van der Waals surface area contributed by atoms with E-state index in [1.165, 1.54) is 4.57 Å². The van der Waals surface area contributed by atoms with Gasteiger partial charge in [0.15, 0.2) is 0 Å². The Morgan fingerprint density at radius 1 is 0.892 bits per heavy atom. The Kier molecular flexibility index (Phi) is 21.4. The number of hydrogen-bond donors (Lipinski definition) is 4. The lowest BCUT2D eigenvalue weighted by atomic mass is 9.80. The molecule has 4 heterocycles. The fourth-order valence-electron chi connectivity index (χ4n) is 9.96. The lowest BCUT2D eigenvalue weighted by Gasteiger charge is -2.39. The zero-order valence-corrected chi connectivity index (χ0v) is 45.4. The fourth-order valence-corrected chi connectivity index (χ4v) is 13.3. The minimum Gasteiger partial charge on any atom is -0.497 e. The summed E-state index contributed by atoms with van der Waals surface area (Å²) in [7, 11) is 1.59. The molecule has 7 atom stereocenters. The van der Waals surface area contributed by atoms with Crippen LogP contribution in [0.4, 0.5) is 10.6 Å². The normalized spacial score (nSPS) is 20.8. The third-order valence-electron chi connectivity index (χ3n) is 13.7. The Hall–Kier alpha value is -5.25. The van der Waals surface area contributed by atoms with Gasteiger partial charge in [0.2, 0.25) is 5.91 Å². The molecule has 74 heavy (non-hydrogen) atoms. The number of methoxy groups -OCH3 is 2. The third-order valence-corrected chi connectivity index (χ3v) is 17.3. The highest BCUT2D eigenvalue weighted by atomic mass is 32.2. The van der Waals surface area contributed by atoms with E-state index >= 15 is 0 Å². The van der Waals surface area contributed by atoms with E-state index in [1.54, 1.807) is 26.5 Å². The number of fused-ring (bicyclic) bond motifs is 1. The molecule has 4 N–H and O–H groups in total. The number of nitrogens with zero attached hydrogens (tertiary/aromatic N) is 4. The lowest BCUT2D eigenvalue weighted by Crippen LogP contribution is -2.39. The average molecular weight is 1060 g/mol. The monoisotopic (exact) mass is 1050 g/mol. The van der Waals surface area contributed by atoms with Gasteiger partial charge in [-0.3, -0.25) is 9.36 Å². The number of nitriles is 1. The van der Waals surface area contributed by atoms with E-state index in [0.717, 1.165) is 67.4 Å². The van der Waals surface area contributed by atoms with Gasteiger partial charge in [0.1, 0.15) is 35.2 Å². The van der Waals surface area contributed by atoms with E-state index in [9.17, 15) is 19.6 Å². The summed E-state index contributed by atoms with van der Waals surface area (Å²) in [5.74, 6) is 2.92. The standard InChI is InChI=1S/C55H75N8O9PS/c1-38(2)63(39(3)4)73(70-34-16-30-56)72-46-35-51(71-47(46)36-69-55(40-17-10-9-11-18-40,41-21-25-43(67-5)26-22-41)42-23-27-44(68-6)28-24-42)62-33-29-49(60-54(62)66)57-31-14-7-8-15-32-58-50(64)20-13-12-19-48-52-45(37-74-48)59-53(65)61-52/h9-11,17-18,21-29,33,38-39,45-48,51-52H,7-8,12-16,19-20,31-32,34-37H2,1-6H3,(H,58,64)(H,57,60,66)(H2,59,61,65)/t45-,46-,47+,48-,51+,52-,73?/m0/s1. The lowest BCUT2D eigenvalue weighted by molar-refractivity contribution is -0.121. The van der Waals surface area contributed by atoms with Gasteiger partial charge >= 0.3 is 11.7 Å². The first-order valence-electron chi connectivity index (χ1n) is 26.1. The number of thioether (sulfide) groups is 1. The summed E-state index contributed by atoms with van der Waals surface area (Å²) in [6.45, 7) is 9.91. The predicted octanol–water partition coefficient (Wildman–Crippen LogP) is 9.03. The van der Waals surface area contributed by atoms with Gasteiger partial charge in [0.05, 0.1) is 58.1 Å². The Morgan fingerprint density at radius 3 is 2.19 bits per heavy atom. The second-order valence-corrected chi connectivity index (χ2v) is 22.1. The van der Waals surface area contributed by atoms with Crippen LogP contribution in [0.25, 0.3) is 0 Å². The molecule has 17 nitrogen and oxygen atoms in total. The maximum absolute atomic E-state index is 13.9. The molecular weight excluding hydrogens is 980 g/mol. The Balaban J connectivity index is 0.991. The number of anilines is 1. The van der Waals surface area contributed by atoms with Crippen molar-refractivity contribution in [2.24, 2.45) is 0 Å². The SMILES string of the molecule is COc1ccc(C(OC[C@H]2O[C@@H](n3ccc(NCCCCCCNC(=O)CCCC[C@@H]4SC[C@@H]5NC(=O)N[C@@H]54)nc3=O)C[C@@H]2OP(OCCC#N)N(C(C)C)C(C)C)(c2ccccc2)c2ccc(OC)cc2)cc1. The van der Waals surface area contributed by atoms with E-state index < -0.39 is 38.3 Å². The van der Waals surface area contributed by atoms with Gasteiger partial charge in [-0.2, -0.15) is 22.0 Å². The second-order valence-electron chi connectivity index (χ2n) is 19.4.